The minimum Gasteiger partial charge on any atom is -0.361 e. The van der Waals surface area contributed by atoms with Gasteiger partial charge in [0.05, 0.1) is 18.6 Å². The third-order valence-corrected chi connectivity index (χ3v) is 4.37. The summed E-state index contributed by atoms with van der Waals surface area (Å²) in [6, 6.07) is 11.8. The summed E-state index contributed by atoms with van der Waals surface area (Å²) in [5.41, 5.74) is 4.11. The summed E-state index contributed by atoms with van der Waals surface area (Å²) in [6.45, 7) is 4.26. The van der Waals surface area contributed by atoms with Crippen molar-refractivity contribution in [1.29, 1.82) is 0 Å². The lowest BCUT2D eigenvalue weighted by Gasteiger charge is -2.12. The average molecular weight is 346 g/mol. The van der Waals surface area contributed by atoms with Crippen molar-refractivity contribution < 1.29 is 4.52 Å². The number of pyridine rings is 1. The molecule has 0 spiro atoms. The van der Waals surface area contributed by atoms with E-state index in [2.05, 4.69) is 10.1 Å². The molecule has 3 heterocycles. The van der Waals surface area contributed by atoms with Crippen LogP contribution in [0.1, 0.15) is 17.0 Å². The van der Waals surface area contributed by atoms with Crippen LogP contribution >= 0.6 is 0 Å². The van der Waals surface area contributed by atoms with E-state index in [4.69, 9.17) is 4.52 Å². The number of rotatable bonds is 4. The minimum absolute atomic E-state index is 0.0811. The normalized spacial score (nSPS) is 11.0. The lowest BCUT2D eigenvalue weighted by atomic mass is 10.1. The molecule has 0 saturated heterocycles. The summed E-state index contributed by atoms with van der Waals surface area (Å²) in [4.78, 5) is 17.1. The highest BCUT2D eigenvalue weighted by Crippen LogP contribution is 2.27. The second kappa shape index (κ2) is 6.48. The van der Waals surface area contributed by atoms with Crippen molar-refractivity contribution in [2.45, 2.75) is 20.4 Å². The molecule has 4 rings (SSSR count). The van der Waals surface area contributed by atoms with Gasteiger partial charge in [-0.15, -0.1) is 0 Å². The molecule has 26 heavy (non-hydrogen) atoms. The molecule has 3 aromatic heterocycles. The van der Waals surface area contributed by atoms with Crippen LogP contribution in [0.3, 0.4) is 0 Å². The van der Waals surface area contributed by atoms with Crippen molar-refractivity contribution >= 4 is 0 Å². The van der Waals surface area contributed by atoms with Gasteiger partial charge in [0.15, 0.2) is 0 Å². The lowest BCUT2D eigenvalue weighted by molar-refractivity contribution is 0.393. The molecule has 0 saturated carbocycles. The van der Waals surface area contributed by atoms with Crippen molar-refractivity contribution in [3.8, 4) is 16.8 Å². The Labute approximate surface area is 150 Å². The van der Waals surface area contributed by atoms with Gasteiger partial charge in [0, 0.05) is 29.7 Å². The van der Waals surface area contributed by atoms with Gasteiger partial charge in [-0.25, -0.2) is 4.98 Å². The van der Waals surface area contributed by atoms with Gasteiger partial charge in [-0.1, -0.05) is 35.5 Å². The Balaban J connectivity index is 1.92. The van der Waals surface area contributed by atoms with Crippen LogP contribution in [0.4, 0.5) is 0 Å². The number of hydrogen-bond acceptors (Lipinski definition) is 4. The van der Waals surface area contributed by atoms with Crippen molar-refractivity contribution in [2.24, 2.45) is 0 Å². The maximum Gasteiger partial charge on any atom is 0.275 e. The van der Waals surface area contributed by atoms with Crippen LogP contribution in [0.5, 0.6) is 0 Å². The molecule has 0 atom stereocenters. The Morgan fingerprint density at radius 3 is 2.62 bits per heavy atom. The Bertz CT molecular complexity index is 1070. The van der Waals surface area contributed by atoms with Gasteiger partial charge in [0.2, 0.25) is 0 Å². The first-order valence-electron chi connectivity index (χ1n) is 8.33. The molecular weight excluding hydrogens is 328 g/mol. The van der Waals surface area contributed by atoms with Gasteiger partial charge in [-0.3, -0.25) is 4.79 Å². The highest BCUT2D eigenvalue weighted by molar-refractivity contribution is 5.68. The Morgan fingerprint density at radius 1 is 1.15 bits per heavy atom. The maximum absolute atomic E-state index is 13.0. The van der Waals surface area contributed by atoms with E-state index in [9.17, 15) is 4.79 Å². The summed E-state index contributed by atoms with van der Waals surface area (Å²) in [5.74, 6) is 0.726. The van der Waals surface area contributed by atoms with Crippen LogP contribution < -0.4 is 5.56 Å². The first kappa shape index (κ1) is 16.1. The first-order valence-corrected chi connectivity index (χ1v) is 8.33. The maximum atomic E-state index is 13.0. The van der Waals surface area contributed by atoms with Crippen LogP contribution in [-0.4, -0.2) is 19.3 Å². The number of hydrogen-bond donors (Lipinski definition) is 0. The molecule has 0 amide bonds. The Kier molecular flexibility index (Phi) is 4.01. The van der Waals surface area contributed by atoms with E-state index in [0.29, 0.717) is 12.2 Å². The predicted molar refractivity (Wildman–Crippen MR) is 98.3 cm³/mol. The van der Waals surface area contributed by atoms with Crippen molar-refractivity contribution in [3.63, 3.8) is 0 Å². The fraction of sp³-hybridized carbons (Fsp3) is 0.150. The van der Waals surface area contributed by atoms with Gasteiger partial charge in [-0.05, 0) is 25.5 Å². The van der Waals surface area contributed by atoms with E-state index in [1.165, 1.54) is 0 Å². The average Bonchev–Trinajstić information content (AvgIpc) is 3.28. The second-order valence-electron chi connectivity index (χ2n) is 6.20. The zero-order valence-corrected chi connectivity index (χ0v) is 14.6. The zero-order valence-electron chi connectivity index (χ0n) is 14.6. The van der Waals surface area contributed by atoms with Gasteiger partial charge in [0.25, 0.3) is 5.56 Å². The SMILES string of the molecule is Cc1noc(C)c1-c1cc(-n2ccnc2)c(=O)n(Cc2ccccc2)c1. The number of imidazole rings is 1. The molecule has 130 valence electrons. The molecule has 4 aromatic rings. The predicted octanol–water partition coefficient (Wildman–Crippen LogP) is 3.35. The molecule has 6 heteroatoms. The van der Waals surface area contributed by atoms with Crippen molar-refractivity contribution in [1.82, 2.24) is 19.3 Å². The highest BCUT2D eigenvalue weighted by atomic mass is 16.5. The summed E-state index contributed by atoms with van der Waals surface area (Å²) in [5, 5.41) is 4.04. The number of benzene rings is 1. The first-order chi connectivity index (χ1) is 12.6. The molecule has 0 bridgehead atoms. The fourth-order valence-electron chi connectivity index (χ4n) is 3.14. The van der Waals surface area contributed by atoms with E-state index in [1.54, 1.807) is 27.9 Å². The van der Waals surface area contributed by atoms with E-state index < -0.39 is 0 Å². The van der Waals surface area contributed by atoms with Crippen molar-refractivity contribution in [3.05, 3.63) is 88.7 Å². The number of aromatic nitrogens is 4. The molecule has 0 unspecified atom stereocenters. The summed E-state index contributed by atoms with van der Waals surface area (Å²) < 4.78 is 8.75. The summed E-state index contributed by atoms with van der Waals surface area (Å²) >= 11 is 0. The van der Waals surface area contributed by atoms with Gasteiger partial charge < -0.3 is 13.7 Å². The van der Waals surface area contributed by atoms with Crippen LogP contribution in [0, 0.1) is 13.8 Å². The quantitative estimate of drug-likeness (QED) is 0.568. The molecule has 0 fully saturated rings. The van der Waals surface area contributed by atoms with Gasteiger partial charge >= 0.3 is 0 Å². The number of nitrogens with zero attached hydrogens (tertiary/aromatic N) is 4. The molecule has 0 radical (unpaired) electrons. The number of aryl methyl sites for hydroxylation is 2. The highest BCUT2D eigenvalue weighted by Gasteiger charge is 2.16. The summed E-state index contributed by atoms with van der Waals surface area (Å²) in [7, 11) is 0. The molecule has 0 N–H and O–H groups in total. The van der Waals surface area contributed by atoms with E-state index in [0.717, 1.165) is 28.1 Å². The molecule has 0 aliphatic rings. The minimum atomic E-state index is -0.0811. The third-order valence-electron chi connectivity index (χ3n) is 4.37. The molecule has 1 aromatic carbocycles. The molecule has 0 aliphatic carbocycles. The van der Waals surface area contributed by atoms with Crippen LogP contribution in [-0.2, 0) is 6.54 Å². The van der Waals surface area contributed by atoms with E-state index in [-0.39, 0.29) is 5.56 Å². The third kappa shape index (κ3) is 2.86. The molecule has 6 nitrogen and oxygen atoms in total. The van der Waals surface area contributed by atoms with Crippen molar-refractivity contribution in [2.75, 3.05) is 0 Å². The Morgan fingerprint density at radius 2 is 1.96 bits per heavy atom. The second-order valence-corrected chi connectivity index (χ2v) is 6.20. The topological polar surface area (TPSA) is 65.8 Å². The molecule has 0 aliphatic heterocycles. The van der Waals surface area contributed by atoms with Crippen LogP contribution in [0.2, 0.25) is 0 Å². The zero-order chi connectivity index (χ0) is 18.1. The van der Waals surface area contributed by atoms with Gasteiger partial charge in [0.1, 0.15) is 11.4 Å². The van der Waals surface area contributed by atoms with E-state index in [1.807, 2.05) is 56.4 Å². The largest absolute Gasteiger partial charge is 0.361 e. The standard InChI is InChI=1S/C20H18N4O2/c1-14-19(15(2)26-22-14)17-10-18(23-9-8-21-13-23)20(25)24(12-17)11-16-6-4-3-5-7-16/h3-10,12-13H,11H2,1-2H3. The van der Waals surface area contributed by atoms with E-state index >= 15 is 0 Å². The smallest absolute Gasteiger partial charge is 0.275 e. The van der Waals surface area contributed by atoms with Gasteiger partial charge in [-0.2, -0.15) is 0 Å². The van der Waals surface area contributed by atoms with Crippen LogP contribution in [0.15, 0.2) is 70.6 Å². The summed E-state index contributed by atoms with van der Waals surface area (Å²) in [6.07, 6.45) is 6.91. The fourth-order valence-corrected chi connectivity index (χ4v) is 3.14. The molecular formula is C20H18N4O2. The lowest BCUT2D eigenvalue weighted by Crippen LogP contribution is -2.24. The Hall–Kier alpha value is -3.41. The monoisotopic (exact) mass is 346 g/mol. The van der Waals surface area contributed by atoms with Crippen LogP contribution in [0.25, 0.3) is 16.8 Å².